The normalized spacial score (nSPS) is 11.8. The third-order valence-electron chi connectivity index (χ3n) is 2.10. The molecule has 13 heavy (non-hydrogen) atoms. The zero-order valence-electron chi connectivity index (χ0n) is 8.36. The number of hydrogen-bond donors (Lipinski definition) is 1. The Bertz CT molecular complexity index is 159. The van der Waals surface area contributed by atoms with E-state index in [0.717, 1.165) is 17.1 Å². The van der Waals surface area contributed by atoms with E-state index in [1.54, 1.807) is 0 Å². The number of amides is 1. The van der Waals surface area contributed by atoms with Crippen molar-refractivity contribution in [1.82, 2.24) is 5.32 Å². The number of hydrogen-bond acceptors (Lipinski definition) is 1. The number of carbonyl (C=O) groups is 1. The summed E-state index contributed by atoms with van der Waals surface area (Å²) >= 11 is 6.85. The molecule has 0 radical (unpaired) electrons. The molecule has 2 nitrogen and oxygen atoms in total. The molecule has 0 aliphatic rings. The Morgan fingerprint density at radius 2 is 1.85 bits per heavy atom. The summed E-state index contributed by atoms with van der Waals surface area (Å²) < 4.78 is 0. The van der Waals surface area contributed by atoms with Crippen LogP contribution in [0.25, 0.3) is 0 Å². The average Bonchev–Trinajstić information content (AvgIpc) is 2.14. The van der Waals surface area contributed by atoms with E-state index in [0.29, 0.717) is 0 Å². The summed E-state index contributed by atoms with van der Waals surface area (Å²) in [6, 6.07) is 0. The lowest BCUT2D eigenvalue weighted by Gasteiger charge is -2.30. The fraction of sp³-hybridized carbons (Fsp3) is 0.889. The van der Waals surface area contributed by atoms with Gasteiger partial charge in [0.25, 0.3) is 0 Å². The van der Waals surface area contributed by atoms with Crippen molar-refractivity contribution in [3.63, 3.8) is 0 Å². The van der Waals surface area contributed by atoms with Crippen LogP contribution in [0, 0.1) is 5.92 Å². The van der Waals surface area contributed by atoms with Crippen LogP contribution in [0.5, 0.6) is 0 Å². The van der Waals surface area contributed by atoms with E-state index in [4.69, 9.17) is 0 Å². The molecule has 1 N–H and O–H groups in total. The van der Waals surface area contributed by atoms with Crippen molar-refractivity contribution in [3.05, 3.63) is 0 Å². The van der Waals surface area contributed by atoms with Crippen molar-refractivity contribution in [2.75, 3.05) is 10.7 Å². The van der Waals surface area contributed by atoms with Crippen LogP contribution in [0.1, 0.15) is 27.2 Å². The van der Waals surface area contributed by atoms with Crippen molar-refractivity contribution in [2.24, 2.45) is 5.92 Å². The Hall–Kier alpha value is 0.430. The molecule has 0 aliphatic carbocycles. The second-order valence-corrected chi connectivity index (χ2v) is 4.67. The van der Waals surface area contributed by atoms with Crippen LogP contribution < -0.4 is 5.32 Å². The van der Waals surface area contributed by atoms with Crippen molar-refractivity contribution in [3.8, 4) is 0 Å². The Morgan fingerprint density at radius 1 is 1.38 bits per heavy atom. The van der Waals surface area contributed by atoms with Crippen LogP contribution >= 0.6 is 31.9 Å². The summed E-state index contributed by atoms with van der Waals surface area (Å²) in [5.74, 6) is 0.157. The summed E-state index contributed by atoms with van der Waals surface area (Å²) in [5, 5.41) is 4.60. The molecule has 0 aromatic heterocycles. The predicted molar refractivity (Wildman–Crippen MR) is 63.6 cm³/mol. The minimum Gasteiger partial charge on any atom is -0.349 e. The van der Waals surface area contributed by atoms with E-state index in [1.807, 2.05) is 13.8 Å². The molecular weight excluding hydrogens is 298 g/mol. The Morgan fingerprint density at radius 3 is 2.08 bits per heavy atom. The summed E-state index contributed by atoms with van der Waals surface area (Å²) in [4.78, 5) is 11.5. The van der Waals surface area contributed by atoms with Gasteiger partial charge in [0.15, 0.2) is 0 Å². The Kier molecular flexibility index (Phi) is 6.21. The van der Waals surface area contributed by atoms with Gasteiger partial charge in [-0.05, 0) is 6.42 Å². The Labute approximate surface area is 97.1 Å². The molecule has 0 aromatic carbocycles. The molecule has 4 heteroatoms. The van der Waals surface area contributed by atoms with Crippen molar-refractivity contribution in [2.45, 2.75) is 32.7 Å². The first kappa shape index (κ1) is 13.4. The van der Waals surface area contributed by atoms with Gasteiger partial charge in [-0.2, -0.15) is 0 Å². The predicted octanol–water partition coefficient (Wildman–Crippen LogP) is 2.70. The van der Waals surface area contributed by atoms with Gasteiger partial charge < -0.3 is 5.32 Å². The van der Waals surface area contributed by atoms with Gasteiger partial charge in [-0.3, -0.25) is 4.79 Å². The zero-order valence-corrected chi connectivity index (χ0v) is 11.5. The highest BCUT2D eigenvalue weighted by atomic mass is 79.9. The fourth-order valence-electron chi connectivity index (χ4n) is 0.786. The molecule has 0 rings (SSSR count). The van der Waals surface area contributed by atoms with E-state index < -0.39 is 0 Å². The third-order valence-corrected chi connectivity index (χ3v) is 4.25. The standard InChI is InChI=1S/C9H17Br2NO/c1-4-9(5-10,6-11)12-8(13)7(2)3/h7H,4-6H2,1-3H3,(H,12,13). The zero-order chi connectivity index (χ0) is 10.5. The summed E-state index contributed by atoms with van der Waals surface area (Å²) in [6.45, 7) is 5.87. The van der Waals surface area contributed by atoms with Crippen molar-refractivity contribution in [1.29, 1.82) is 0 Å². The van der Waals surface area contributed by atoms with E-state index >= 15 is 0 Å². The van der Waals surface area contributed by atoms with Gasteiger partial charge in [0.1, 0.15) is 0 Å². The average molecular weight is 315 g/mol. The maximum atomic E-state index is 11.5. The van der Waals surface area contributed by atoms with Gasteiger partial charge in [-0.1, -0.05) is 52.6 Å². The molecule has 0 fully saturated rings. The SMILES string of the molecule is CCC(CBr)(CBr)NC(=O)C(C)C. The molecule has 0 bridgehead atoms. The van der Waals surface area contributed by atoms with E-state index in [1.165, 1.54) is 0 Å². The summed E-state index contributed by atoms with van der Waals surface area (Å²) in [6.07, 6.45) is 0.919. The maximum absolute atomic E-state index is 11.5. The summed E-state index contributed by atoms with van der Waals surface area (Å²) in [7, 11) is 0. The first-order chi connectivity index (χ1) is 6.01. The van der Waals surface area contributed by atoms with Gasteiger partial charge in [-0.15, -0.1) is 0 Å². The first-order valence-corrected chi connectivity index (χ1v) is 6.69. The van der Waals surface area contributed by atoms with Gasteiger partial charge in [0.05, 0.1) is 5.54 Å². The van der Waals surface area contributed by atoms with Gasteiger partial charge in [0.2, 0.25) is 5.91 Å². The lowest BCUT2D eigenvalue weighted by Crippen LogP contribution is -2.52. The number of alkyl halides is 2. The largest absolute Gasteiger partial charge is 0.349 e. The number of rotatable bonds is 5. The molecule has 0 aliphatic heterocycles. The molecule has 0 heterocycles. The van der Waals surface area contributed by atoms with Crippen LogP contribution in [-0.4, -0.2) is 22.1 Å². The minimum atomic E-state index is -0.138. The fourth-order valence-corrected chi connectivity index (χ4v) is 2.79. The van der Waals surface area contributed by atoms with Gasteiger partial charge in [0, 0.05) is 16.6 Å². The number of carbonyl (C=O) groups excluding carboxylic acids is 1. The maximum Gasteiger partial charge on any atom is 0.223 e. The van der Waals surface area contributed by atoms with Crippen LogP contribution in [0.15, 0.2) is 0 Å². The topological polar surface area (TPSA) is 29.1 Å². The highest BCUT2D eigenvalue weighted by Gasteiger charge is 2.28. The van der Waals surface area contributed by atoms with Crippen molar-refractivity contribution < 1.29 is 4.79 Å². The molecule has 0 atom stereocenters. The second kappa shape index (κ2) is 6.02. The number of nitrogens with one attached hydrogen (secondary N) is 1. The second-order valence-electron chi connectivity index (χ2n) is 3.55. The smallest absolute Gasteiger partial charge is 0.223 e. The highest BCUT2D eigenvalue weighted by Crippen LogP contribution is 2.17. The summed E-state index contributed by atoms with van der Waals surface area (Å²) in [5.41, 5.74) is -0.138. The minimum absolute atomic E-state index is 0.0454. The molecule has 0 saturated heterocycles. The molecule has 0 aromatic rings. The Balaban J connectivity index is 4.33. The van der Waals surface area contributed by atoms with Gasteiger partial charge >= 0.3 is 0 Å². The lowest BCUT2D eigenvalue weighted by molar-refractivity contribution is -0.125. The monoisotopic (exact) mass is 313 g/mol. The highest BCUT2D eigenvalue weighted by molar-refractivity contribution is 9.09. The van der Waals surface area contributed by atoms with Crippen molar-refractivity contribution >= 4 is 37.8 Å². The quantitative estimate of drug-likeness (QED) is 0.777. The molecule has 0 saturated carbocycles. The van der Waals surface area contributed by atoms with Crippen LogP contribution in [0.4, 0.5) is 0 Å². The molecule has 1 amide bonds. The van der Waals surface area contributed by atoms with Crippen LogP contribution in [0.2, 0.25) is 0 Å². The third kappa shape index (κ3) is 3.98. The van der Waals surface area contributed by atoms with Crippen LogP contribution in [-0.2, 0) is 4.79 Å². The van der Waals surface area contributed by atoms with E-state index in [9.17, 15) is 4.79 Å². The number of halogens is 2. The molecule has 0 unspecified atom stereocenters. The van der Waals surface area contributed by atoms with E-state index in [-0.39, 0.29) is 17.4 Å². The first-order valence-electron chi connectivity index (χ1n) is 4.45. The van der Waals surface area contributed by atoms with Crippen LogP contribution in [0.3, 0.4) is 0 Å². The molecule has 0 spiro atoms. The lowest BCUT2D eigenvalue weighted by atomic mass is 10.0. The van der Waals surface area contributed by atoms with E-state index in [2.05, 4.69) is 44.1 Å². The molecule has 78 valence electrons. The molecular formula is C9H17Br2NO. The van der Waals surface area contributed by atoms with Gasteiger partial charge in [-0.25, -0.2) is 0 Å².